The second-order valence-corrected chi connectivity index (χ2v) is 5.24. The average Bonchev–Trinajstić information content (AvgIpc) is 2.90. The van der Waals surface area contributed by atoms with Crippen LogP contribution < -0.4 is 5.32 Å². The van der Waals surface area contributed by atoms with Gasteiger partial charge in [-0.3, -0.25) is 9.59 Å². The van der Waals surface area contributed by atoms with Crippen LogP contribution >= 0.6 is 11.5 Å². The van der Waals surface area contributed by atoms with Crippen LogP contribution in [0.15, 0.2) is 6.07 Å². The molecular weight excluding hydrogens is 250 g/mol. The van der Waals surface area contributed by atoms with Crippen LogP contribution in [0.1, 0.15) is 31.9 Å². The number of carbonyl (C=O) groups excluding carboxylic acids is 2. The molecule has 0 saturated carbocycles. The molecule has 1 aromatic heterocycles. The summed E-state index contributed by atoms with van der Waals surface area (Å²) < 4.78 is 4.11. The predicted octanol–water partition coefficient (Wildman–Crippen LogP) is 1.79. The van der Waals surface area contributed by atoms with Crippen LogP contribution in [0, 0.1) is 6.92 Å². The van der Waals surface area contributed by atoms with Crippen molar-refractivity contribution in [1.82, 2.24) is 9.27 Å². The Morgan fingerprint density at radius 1 is 1.67 bits per heavy atom. The normalized spacial score (nSPS) is 17.0. The van der Waals surface area contributed by atoms with Crippen molar-refractivity contribution < 1.29 is 9.59 Å². The quantitative estimate of drug-likeness (QED) is 0.904. The van der Waals surface area contributed by atoms with Gasteiger partial charge in [0.05, 0.1) is 5.69 Å². The summed E-state index contributed by atoms with van der Waals surface area (Å²) in [5.74, 6) is -0.0334. The first-order valence-corrected chi connectivity index (χ1v) is 6.92. The lowest BCUT2D eigenvalue weighted by molar-refractivity contribution is -0.135. The minimum Gasteiger partial charge on any atom is -0.331 e. The van der Waals surface area contributed by atoms with Gasteiger partial charge in [0.1, 0.15) is 11.0 Å². The summed E-state index contributed by atoms with van der Waals surface area (Å²) in [6, 6.07) is 1.48. The van der Waals surface area contributed by atoms with Gasteiger partial charge in [0, 0.05) is 13.0 Å². The maximum absolute atomic E-state index is 12.2. The fourth-order valence-electron chi connectivity index (χ4n) is 2.17. The van der Waals surface area contributed by atoms with Crippen molar-refractivity contribution in [2.24, 2.45) is 0 Å². The second-order valence-electron chi connectivity index (χ2n) is 4.44. The van der Waals surface area contributed by atoms with E-state index in [9.17, 15) is 9.59 Å². The molecule has 2 rings (SSSR count). The van der Waals surface area contributed by atoms with E-state index < -0.39 is 0 Å². The molecule has 1 saturated heterocycles. The van der Waals surface area contributed by atoms with Gasteiger partial charge in [-0.25, -0.2) is 0 Å². The lowest BCUT2D eigenvalue weighted by Gasteiger charge is -2.25. The van der Waals surface area contributed by atoms with Gasteiger partial charge in [-0.2, -0.15) is 4.37 Å². The maximum atomic E-state index is 12.2. The van der Waals surface area contributed by atoms with Crippen molar-refractivity contribution in [3.05, 3.63) is 11.8 Å². The van der Waals surface area contributed by atoms with Gasteiger partial charge in [0.2, 0.25) is 11.8 Å². The molecule has 1 N–H and O–H groups in total. The van der Waals surface area contributed by atoms with Crippen LogP contribution in [-0.4, -0.2) is 33.7 Å². The molecule has 5 nitrogen and oxygen atoms in total. The Labute approximate surface area is 110 Å². The van der Waals surface area contributed by atoms with Crippen LogP contribution in [-0.2, 0) is 9.59 Å². The summed E-state index contributed by atoms with van der Waals surface area (Å²) in [6.07, 6.45) is 2.04. The zero-order chi connectivity index (χ0) is 13.1. The molecule has 98 valence electrons. The molecule has 1 aliphatic rings. The Morgan fingerprint density at radius 2 is 2.44 bits per heavy atom. The van der Waals surface area contributed by atoms with Crippen molar-refractivity contribution in [3.8, 4) is 0 Å². The molecular formula is C12H17N3O2S. The van der Waals surface area contributed by atoms with Gasteiger partial charge in [-0.1, -0.05) is 6.92 Å². The highest BCUT2D eigenvalue weighted by atomic mass is 32.1. The number of amides is 2. The Hall–Kier alpha value is -1.43. The SMILES string of the molecule is CC[C@H](C(=O)Nc1cc(C)ns1)N1CCCC1=O. The van der Waals surface area contributed by atoms with Gasteiger partial charge in [-0.15, -0.1) is 0 Å². The van der Waals surface area contributed by atoms with Crippen molar-refractivity contribution in [2.75, 3.05) is 11.9 Å². The summed E-state index contributed by atoms with van der Waals surface area (Å²) >= 11 is 1.26. The molecule has 2 amide bonds. The third-order valence-corrected chi connectivity index (χ3v) is 3.85. The number of nitrogens with zero attached hydrogens (tertiary/aromatic N) is 2. The number of hydrogen-bond donors (Lipinski definition) is 1. The molecule has 18 heavy (non-hydrogen) atoms. The number of aromatic nitrogens is 1. The van der Waals surface area contributed by atoms with Crippen molar-refractivity contribution in [2.45, 2.75) is 39.2 Å². The van der Waals surface area contributed by atoms with E-state index in [0.29, 0.717) is 19.4 Å². The van der Waals surface area contributed by atoms with E-state index in [1.54, 1.807) is 4.90 Å². The first kappa shape index (κ1) is 13.0. The van der Waals surface area contributed by atoms with E-state index in [1.807, 2.05) is 19.9 Å². The van der Waals surface area contributed by atoms with E-state index in [2.05, 4.69) is 9.69 Å². The largest absolute Gasteiger partial charge is 0.331 e. The molecule has 0 aromatic carbocycles. The van der Waals surface area contributed by atoms with Crippen LogP contribution in [0.2, 0.25) is 0 Å². The minimum atomic E-state index is -0.359. The average molecular weight is 267 g/mol. The molecule has 6 heteroatoms. The third-order valence-electron chi connectivity index (χ3n) is 3.05. The molecule has 0 spiro atoms. The fraction of sp³-hybridized carbons (Fsp3) is 0.583. The first-order valence-electron chi connectivity index (χ1n) is 6.15. The highest BCUT2D eigenvalue weighted by Crippen LogP contribution is 2.20. The zero-order valence-corrected chi connectivity index (χ0v) is 11.4. The zero-order valence-electron chi connectivity index (χ0n) is 10.6. The number of aryl methyl sites for hydroxylation is 1. The van der Waals surface area contributed by atoms with Gasteiger partial charge >= 0.3 is 0 Å². The number of likely N-dealkylation sites (tertiary alicyclic amines) is 1. The summed E-state index contributed by atoms with van der Waals surface area (Å²) in [7, 11) is 0. The fourth-order valence-corrected chi connectivity index (χ4v) is 2.84. The molecule has 0 unspecified atom stereocenters. The van der Waals surface area contributed by atoms with Crippen LogP contribution in [0.5, 0.6) is 0 Å². The summed E-state index contributed by atoms with van der Waals surface area (Å²) in [5, 5.41) is 3.57. The molecule has 1 atom stereocenters. The molecule has 1 aliphatic heterocycles. The Balaban J connectivity index is 2.03. The van der Waals surface area contributed by atoms with Crippen molar-refractivity contribution in [3.63, 3.8) is 0 Å². The second kappa shape index (κ2) is 5.48. The van der Waals surface area contributed by atoms with E-state index in [1.165, 1.54) is 11.5 Å². The Bertz CT molecular complexity index is 458. The van der Waals surface area contributed by atoms with Crippen LogP contribution in [0.4, 0.5) is 5.00 Å². The van der Waals surface area contributed by atoms with Gasteiger partial charge < -0.3 is 10.2 Å². The summed E-state index contributed by atoms with van der Waals surface area (Å²) in [5.41, 5.74) is 0.889. The Kier molecular flexibility index (Phi) is 3.96. The molecule has 0 radical (unpaired) electrons. The predicted molar refractivity (Wildman–Crippen MR) is 70.5 cm³/mol. The Morgan fingerprint density at radius 3 is 2.94 bits per heavy atom. The first-order chi connectivity index (χ1) is 8.61. The van der Waals surface area contributed by atoms with Crippen molar-refractivity contribution in [1.29, 1.82) is 0 Å². The van der Waals surface area contributed by atoms with Crippen molar-refractivity contribution >= 4 is 28.3 Å². The van der Waals surface area contributed by atoms with Gasteiger partial charge in [0.15, 0.2) is 0 Å². The topological polar surface area (TPSA) is 62.3 Å². The van der Waals surface area contributed by atoms with Gasteiger partial charge in [-0.05, 0) is 37.4 Å². The standard InChI is InChI=1S/C12H17N3O2S/c1-3-9(15-6-4-5-11(15)16)12(17)13-10-7-8(2)14-18-10/h7,9H,3-6H2,1-2H3,(H,13,17)/t9-/m1/s1. The molecule has 1 fully saturated rings. The van der Waals surface area contributed by atoms with Crippen LogP contribution in [0.3, 0.4) is 0 Å². The van der Waals surface area contributed by atoms with E-state index in [0.717, 1.165) is 17.1 Å². The minimum absolute atomic E-state index is 0.0810. The van der Waals surface area contributed by atoms with E-state index in [-0.39, 0.29) is 17.9 Å². The molecule has 1 aromatic rings. The number of anilines is 1. The number of nitrogens with one attached hydrogen (secondary N) is 1. The monoisotopic (exact) mass is 267 g/mol. The lowest BCUT2D eigenvalue weighted by atomic mass is 10.2. The molecule has 2 heterocycles. The third kappa shape index (κ3) is 2.69. The number of rotatable bonds is 4. The molecule has 0 aliphatic carbocycles. The summed E-state index contributed by atoms with van der Waals surface area (Å²) in [6.45, 7) is 4.49. The van der Waals surface area contributed by atoms with Gasteiger partial charge in [0.25, 0.3) is 0 Å². The van der Waals surface area contributed by atoms with E-state index in [4.69, 9.17) is 0 Å². The maximum Gasteiger partial charge on any atom is 0.247 e. The smallest absolute Gasteiger partial charge is 0.247 e. The lowest BCUT2D eigenvalue weighted by Crippen LogP contribution is -2.44. The number of carbonyl (C=O) groups is 2. The summed E-state index contributed by atoms with van der Waals surface area (Å²) in [4.78, 5) is 25.5. The van der Waals surface area contributed by atoms with Crippen LogP contribution in [0.25, 0.3) is 0 Å². The molecule has 0 bridgehead atoms. The number of hydrogen-bond acceptors (Lipinski definition) is 4. The van der Waals surface area contributed by atoms with E-state index >= 15 is 0 Å². The highest BCUT2D eigenvalue weighted by Gasteiger charge is 2.31. The highest BCUT2D eigenvalue weighted by molar-refractivity contribution is 7.10.